The van der Waals surface area contributed by atoms with Gasteiger partial charge in [0.2, 0.25) is 0 Å². The highest BCUT2D eigenvalue weighted by atomic mass is 19.1. The van der Waals surface area contributed by atoms with E-state index in [0.717, 1.165) is 36.8 Å². The number of carbonyl (C=O) groups excluding carboxylic acids is 2. The number of aliphatic hydroxyl groups is 1. The molecular formula is C24H24FNO3. The van der Waals surface area contributed by atoms with Crippen LogP contribution in [0.5, 0.6) is 0 Å². The predicted molar refractivity (Wildman–Crippen MR) is 109 cm³/mol. The highest BCUT2D eigenvalue weighted by molar-refractivity contribution is 6.46. The monoisotopic (exact) mass is 393 g/mol. The normalized spacial score (nSPS) is 21.9. The van der Waals surface area contributed by atoms with Gasteiger partial charge in [-0.2, -0.15) is 0 Å². The molecule has 5 heteroatoms. The van der Waals surface area contributed by atoms with E-state index in [1.165, 1.54) is 18.2 Å². The van der Waals surface area contributed by atoms with Gasteiger partial charge in [-0.1, -0.05) is 42.7 Å². The Morgan fingerprint density at radius 2 is 1.79 bits per heavy atom. The fourth-order valence-corrected chi connectivity index (χ4v) is 4.52. The topological polar surface area (TPSA) is 57.6 Å². The molecule has 1 N–H and O–H groups in total. The number of ketones is 1. The van der Waals surface area contributed by atoms with Crippen LogP contribution in [0.3, 0.4) is 0 Å². The molecule has 0 spiro atoms. The summed E-state index contributed by atoms with van der Waals surface area (Å²) < 4.78 is 13.7. The third-order valence-electron chi connectivity index (χ3n) is 5.99. The van der Waals surface area contributed by atoms with Crippen molar-refractivity contribution in [3.05, 3.63) is 76.1 Å². The Morgan fingerprint density at radius 1 is 1.07 bits per heavy atom. The van der Waals surface area contributed by atoms with Crippen molar-refractivity contribution >= 4 is 17.4 Å². The summed E-state index contributed by atoms with van der Waals surface area (Å²) in [5, 5.41) is 11.0. The van der Waals surface area contributed by atoms with Gasteiger partial charge in [-0.25, -0.2) is 4.39 Å². The lowest BCUT2D eigenvalue weighted by Crippen LogP contribution is -2.37. The zero-order valence-corrected chi connectivity index (χ0v) is 16.6. The number of likely N-dealkylation sites (tertiary alicyclic amines) is 1. The van der Waals surface area contributed by atoms with E-state index in [1.54, 1.807) is 11.8 Å². The number of carbonyl (C=O) groups is 2. The average molecular weight is 393 g/mol. The lowest BCUT2D eigenvalue weighted by molar-refractivity contribution is -0.141. The van der Waals surface area contributed by atoms with Crippen molar-refractivity contribution in [2.75, 3.05) is 0 Å². The summed E-state index contributed by atoms with van der Waals surface area (Å²) in [6.45, 7) is 3.55. The summed E-state index contributed by atoms with van der Waals surface area (Å²) in [6, 6.07) is 11.2. The van der Waals surface area contributed by atoms with Gasteiger partial charge in [0.1, 0.15) is 11.6 Å². The van der Waals surface area contributed by atoms with E-state index in [0.29, 0.717) is 11.1 Å². The van der Waals surface area contributed by atoms with Crippen LogP contribution in [0.4, 0.5) is 4.39 Å². The molecule has 0 bridgehead atoms. The van der Waals surface area contributed by atoms with E-state index in [-0.39, 0.29) is 23.2 Å². The van der Waals surface area contributed by atoms with Crippen LogP contribution >= 0.6 is 0 Å². The molecule has 2 aromatic carbocycles. The first kappa shape index (κ1) is 19.4. The van der Waals surface area contributed by atoms with Gasteiger partial charge < -0.3 is 10.0 Å². The van der Waals surface area contributed by atoms with Crippen molar-refractivity contribution in [2.24, 2.45) is 0 Å². The van der Waals surface area contributed by atoms with Gasteiger partial charge >= 0.3 is 0 Å². The molecule has 4 rings (SSSR count). The molecule has 2 aromatic rings. The molecule has 2 fully saturated rings. The largest absolute Gasteiger partial charge is 0.507 e. The van der Waals surface area contributed by atoms with Gasteiger partial charge in [-0.3, -0.25) is 9.59 Å². The molecule has 1 saturated heterocycles. The van der Waals surface area contributed by atoms with Crippen molar-refractivity contribution in [1.29, 1.82) is 0 Å². The number of halogens is 1. The van der Waals surface area contributed by atoms with E-state index in [4.69, 9.17) is 0 Å². The van der Waals surface area contributed by atoms with Gasteiger partial charge in [-0.15, -0.1) is 0 Å². The third kappa shape index (κ3) is 3.35. The highest BCUT2D eigenvalue weighted by Crippen LogP contribution is 2.43. The summed E-state index contributed by atoms with van der Waals surface area (Å²) in [5.41, 5.74) is 2.60. The summed E-state index contributed by atoms with van der Waals surface area (Å²) in [6.07, 6.45) is 3.74. The van der Waals surface area contributed by atoms with Crippen LogP contribution in [0.25, 0.3) is 5.76 Å². The van der Waals surface area contributed by atoms with E-state index in [1.807, 2.05) is 31.2 Å². The zero-order chi connectivity index (χ0) is 20.7. The number of Topliss-reactive ketones (excluding diaryl/α,β-unsaturated/α-hetero) is 1. The number of nitrogens with zero attached hydrogens (tertiary/aromatic N) is 1. The maximum atomic E-state index is 13.7. The molecule has 4 nitrogen and oxygen atoms in total. The first-order valence-corrected chi connectivity index (χ1v) is 10.0. The third-order valence-corrected chi connectivity index (χ3v) is 5.99. The van der Waals surface area contributed by atoms with E-state index in [2.05, 4.69) is 0 Å². The zero-order valence-electron chi connectivity index (χ0n) is 16.6. The Balaban J connectivity index is 1.90. The summed E-state index contributed by atoms with van der Waals surface area (Å²) in [5.74, 6) is -1.88. The maximum Gasteiger partial charge on any atom is 0.295 e. The minimum atomic E-state index is -0.678. The Bertz CT molecular complexity index is 1020. The number of aliphatic hydroxyl groups excluding tert-OH is 1. The number of amides is 1. The molecule has 150 valence electrons. The number of benzene rings is 2. The average Bonchev–Trinajstić information content (AvgIpc) is 3.31. The van der Waals surface area contributed by atoms with Crippen LogP contribution in [-0.2, 0) is 9.59 Å². The molecular weight excluding hydrogens is 369 g/mol. The smallest absolute Gasteiger partial charge is 0.295 e. The highest BCUT2D eigenvalue weighted by Gasteiger charge is 2.49. The number of rotatable bonds is 3. The SMILES string of the molecule is Cc1cccc(C2/C(=C(/O)c3ccc(F)c(C)c3)C(=O)C(=O)N2C2CCCC2)c1. The molecule has 1 saturated carbocycles. The Kier molecular flexibility index (Phi) is 4.99. The summed E-state index contributed by atoms with van der Waals surface area (Å²) in [7, 11) is 0. The quantitative estimate of drug-likeness (QED) is 0.463. The van der Waals surface area contributed by atoms with Crippen LogP contribution in [0, 0.1) is 19.7 Å². The number of hydrogen-bond donors (Lipinski definition) is 1. The van der Waals surface area contributed by atoms with Crippen LogP contribution in [-0.4, -0.2) is 27.7 Å². The van der Waals surface area contributed by atoms with Crippen molar-refractivity contribution in [2.45, 2.75) is 51.6 Å². The molecule has 1 aliphatic carbocycles. The molecule has 0 aromatic heterocycles. The molecule has 2 aliphatic rings. The Morgan fingerprint density at radius 3 is 2.45 bits per heavy atom. The predicted octanol–water partition coefficient (Wildman–Crippen LogP) is 4.81. The molecule has 1 amide bonds. The lowest BCUT2D eigenvalue weighted by atomic mass is 9.93. The number of aryl methyl sites for hydroxylation is 2. The molecule has 0 radical (unpaired) electrons. The van der Waals surface area contributed by atoms with Crippen LogP contribution in [0.15, 0.2) is 48.0 Å². The second-order valence-electron chi connectivity index (χ2n) is 8.02. The van der Waals surface area contributed by atoms with Gasteiger partial charge in [0.05, 0.1) is 11.6 Å². The second-order valence-corrected chi connectivity index (χ2v) is 8.02. The lowest BCUT2D eigenvalue weighted by Gasteiger charge is -2.31. The molecule has 29 heavy (non-hydrogen) atoms. The second kappa shape index (κ2) is 7.47. The van der Waals surface area contributed by atoms with Crippen LogP contribution in [0.2, 0.25) is 0 Å². The molecule has 1 atom stereocenters. The van der Waals surface area contributed by atoms with Gasteiger partial charge in [0, 0.05) is 11.6 Å². The maximum absolute atomic E-state index is 13.7. The van der Waals surface area contributed by atoms with Crippen LogP contribution in [0.1, 0.15) is 54.0 Å². The molecule has 1 unspecified atom stereocenters. The first-order valence-electron chi connectivity index (χ1n) is 10.0. The van der Waals surface area contributed by atoms with E-state index in [9.17, 15) is 19.1 Å². The van der Waals surface area contributed by atoms with Crippen LogP contribution < -0.4 is 0 Å². The summed E-state index contributed by atoms with van der Waals surface area (Å²) >= 11 is 0. The Labute approximate surface area is 169 Å². The summed E-state index contributed by atoms with van der Waals surface area (Å²) in [4.78, 5) is 27.7. The first-order chi connectivity index (χ1) is 13.9. The molecule has 1 heterocycles. The van der Waals surface area contributed by atoms with E-state index >= 15 is 0 Å². The van der Waals surface area contributed by atoms with Crippen molar-refractivity contribution < 1.29 is 19.1 Å². The fourth-order valence-electron chi connectivity index (χ4n) is 4.52. The van der Waals surface area contributed by atoms with Crippen molar-refractivity contribution in [3.63, 3.8) is 0 Å². The standard InChI is InChI=1S/C24H24FNO3/c1-14-6-5-7-16(12-14)21-20(22(27)17-10-11-19(25)15(2)13-17)23(28)24(29)26(21)18-8-3-4-9-18/h5-7,10-13,18,21,27H,3-4,8-9H2,1-2H3/b22-20-. The van der Waals surface area contributed by atoms with Crippen molar-refractivity contribution in [1.82, 2.24) is 4.90 Å². The van der Waals surface area contributed by atoms with E-state index < -0.39 is 17.7 Å². The number of hydrogen-bond acceptors (Lipinski definition) is 3. The molecule has 1 aliphatic heterocycles. The van der Waals surface area contributed by atoms with Crippen molar-refractivity contribution in [3.8, 4) is 0 Å². The van der Waals surface area contributed by atoms with Gasteiger partial charge in [0.15, 0.2) is 0 Å². The van der Waals surface area contributed by atoms with Gasteiger partial charge in [0.25, 0.3) is 11.7 Å². The minimum Gasteiger partial charge on any atom is -0.507 e. The Hall–Kier alpha value is -2.95. The minimum absolute atomic E-state index is 0.0165. The fraction of sp³-hybridized carbons (Fsp3) is 0.333. The van der Waals surface area contributed by atoms with Gasteiger partial charge in [-0.05, 0) is 56.0 Å².